The van der Waals surface area contributed by atoms with Crippen molar-refractivity contribution in [2.45, 2.75) is 31.4 Å². The van der Waals surface area contributed by atoms with Crippen molar-refractivity contribution in [3.63, 3.8) is 0 Å². The number of rotatable bonds is 2. The normalized spacial score (nSPS) is 22.1. The molecule has 0 amide bonds. The van der Waals surface area contributed by atoms with Crippen LogP contribution in [0.5, 0.6) is 0 Å². The molecule has 0 saturated carbocycles. The lowest BCUT2D eigenvalue weighted by molar-refractivity contribution is 0.244. The summed E-state index contributed by atoms with van der Waals surface area (Å²) < 4.78 is 25.5. The molecule has 1 nitrogen and oxygen atoms in total. The Kier molecular flexibility index (Phi) is 4.15. The largest absolute Gasteiger partial charge is 0.298 e. The second kappa shape index (κ2) is 4.93. The summed E-state index contributed by atoms with van der Waals surface area (Å²) in [6.45, 7) is 1.66. The third kappa shape index (κ3) is 3.91. The Hall–Kier alpha value is 0.170. The highest BCUT2D eigenvalue weighted by Crippen LogP contribution is 2.22. The van der Waals surface area contributed by atoms with E-state index in [0.717, 1.165) is 25.9 Å². The Bertz CT molecular complexity index is 103. The van der Waals surface area contributed by atoms with Gasteiger partial charge in [-0.05, 0) is 24.8 Å². The van der Waals surface area contributed by atoms with Gasteiger partial charge in [-0.2, -0.15) is 8.78 Å². The molecule has 0 radical (unpaired) electrons. The van der Waals surface area contributed by atoms with Crippen molar-refractivity contribution in [2.75, 3.05) is 13.1 Å². The lowest BCUT2D eigenvalue weighted by Gasteiger charge is -2.16. The molecule has 0 bridgehead atoms. The van der Waals surface area contributed by atoms with E-state index in [2.05, 4.69) is 0 Å². The highest BCUT2D eigenvalue weighted by Gasteiger charge is 2.14. The number of halogens is 2. The fourth-order valence-electron chi connectivity index (χ4n) is 1.26. The summed E-state index contributed by atoms with van der Waals surface area (Å²) in [5.41, 5.74) is 0. The number of hydrogen-bond donors (Lipinski definition) is 0. The van der Waals surface area contributed by atoms with Crippen molar-refractivity contribution in [1.29, 1.82) is 0 Å². The van der Waals surface area contributed by atoms with Crippen LogP contribution in [0.4, 0.5) is 8.78 Å². The summed E-state index contributed by atoms with van der Waals surface area (Å²) in [6, 6.07) is 0. The van der Waals surface area contributed by atoms with Gasteiger partial charge in [-0.1, -0.05) is 12.8 Å². The minimum atomic E-state index is -2.24. The Morgan fingerprint density at radius 2 is 1.55 bits per heavy atom. The molecule has 1 saturated heterocycles. The molecule has 0 aliphatic carbocycles. The van der Waals surface area contributed by atoms with Gasteiger partial charge in [0.2, 0.25) is 0 Å². The predicted molar refractivity (Wildman–Crippen MR) is 43.6 cm³/mol. The predicted octanol–water partition coefficient (Wildman–Crippen LogP) is 2.73. The Labute approximate surface area is 70.3 Å². The molecule has 1 aliphatic rings. The average Bonchev–Trinajstić information content (AvgIpc) is 2.14. The van der Waals surface area contributed by atoms with E-state index in [4.69, 9.17) is 0 Å². The molecule has 0 aromatic carbocycles. The van der Waals surface area contributed by atoms with Gasteiger partial charge in [0.15, 0.2) is 0 Å². The smallest absolute Gasteiger partial charge is 0.246 e. The quantitative estimate of drug-likeness (QED) is 0.603. The third-order valence-electron chi connectivity index (χ3n) is 1.79. The number of nitrogens with zero attached hydrogens (tertiary/aromatic N) is 1. The average molecular weight is 181 g/mol. The van der Waals surface area contributed by atoms with Crippen LogP contribution in [0.3, 0.4) is 0 Å². The molecule has 1 fully saturated rings. The van der Waals surface area contributed by atoms with Crippen LogP contribution in [-0.2, 0) is 0 Å². The van der Waals surface area contributed by atoms with Crippen LogP contribution in [0.1, 0.15) is 25.7 Å². The van der Waals surface area contributed by atoms with Gasteiger partial charge in [-0.3, -0.25) is 0 Å². The Balaban J connectivity index is 2.20. The zero-order valence-electron chi connectivity index (χ0n) is 6.43. The van der Waals surface area contributed by atoms with Gasteiger partial charge in [-0.15, -0.1) is 0 Å². The van der Waals surface area contributed by atoms with Crippen molar-refractivity contribution in [2.24, 2.45) is 0 Å². The first kappa shape index (κ1) is 9.26. The fourth-order valence-corrected chi connectivity index (χ4v) is 1.95. The molecule has 0 aromatic rings. The molecule has 4 heteroatoms. The van der Waals surface area contributed by atoms with Gasteiger partial charge in [0.1, 0.15) is 0 Å². The molecule has 0 atom stereocenters. The van der Waals surface area contributed by atoms with Crippen LogP contribution < -0.4 is 0 Å². The topological polar surface area (TPSA) is 3.24 Å². The van der Waals surface area contributed by atoms with Gasteiger partial charge >= 0.3 is 0 Å². The van der Waals surface area contributed by atoms with E-state index in [-0.39, 0.29) is 0 Å². The maximum atomic E-state index is 11.9. The van der Waals surface area contributed by atoms with E-state index in [9.17, 15) is 8.78 Å². The van der Waals surface area contributed by atoms with Crippen molar-refractivity contribution < 1.29 is 8.78 Å². The maximum Gasteiger partial charge on any atom is 0.298 e. The molecule has 1 heterocycles. The second-order valence-electron chi connectivity index (χ2n) is 2.71. The van der Waals surface area contributed by atoms with E-state index >= 15 is 0 Å². The first-order chi connectivity index (χ1) is 5.29. The lowest BCUT2D eigenvalue weighted by atomic mass is 10.2. The molecule has 1 aliphatic heterocycles. The molecule has 11 heavy (non-hydrogen) atoms. The monoisotopic (exact) mass is 181 g/mol. The van der Waals surface area contributed by atoms with Crippen LogP contribution in [0.25, 0.3) is 0 Å². The van der Waals surface area contributed by atoms with Crippen LogP contribution in [0.15, 0.2) is 0 Å². The molecular formula is C7H13F2NS. The zero-order valence-corrected chi connectivity index (χ0v) is 7.25. The maximum absolute atomic E-state index is 11.9. The van der Waals surface area contributed by atoms with Crippen molar-refractivity contribution in [3.8, 4) is 0 Å². The summed E-state index contributed by atoms with van der Waals surface area (Å²) >= 11 is 0.689. The summed E-state index contributed by atoms with van der Waals surface area (Å²) in [5.74, 6) is -2.24. The molecule has 66 valence electrons. The highest BCUT2D eigenvalue weighted by molar-refractivity contribution is 7.97. The molecule has 0 spiro atoms. The van der Waals surface area contributed by atoms with Gasteiger partial charge in [0.25, 0.3) is 5.76 Å². The fraction of sp³-hybridized carbons (Fsp3) is 1.00. The summed E-state index contributed by atoms with van der Waals surface area (Å²) in [4.78, 5) is 0. The van der Waals surface area contributed by atoms with E-state index < -0.39 is 5.76 Å². The van der Waals surface area contributed by atoms with E-state index in [1.807, 2.05) is 0 Å². The van der Waals surface area contributed by atoms with Crippen LogP contribution in [-0.4, -0.2) is 23.2 Å². The van der Waals surface area contributed by atoms with Crippen molar-refractivity contribution >= 4 is 11.9 Å². The molecular weight excluding hydrogens is 168 g/mol. The lowest BCUT2D eigenvalue weighted by Crippen LogP contribution is -2.17. The van der Waals surface area contributed by atoms with Crippen LogP contribution >= 0.6 is 11.9 Å². The van der Waals surface area contributed by atoms with Crippen LogP contribution in [0.2, 0.25) is 0 Å². The summed E-state index contributed by atoms with van der Waals surface area (Å²) in [7, 11) is 0. The molecule has 0 N–H and O–H groups in total. The Morgan fingerprint density at radius 3 is 2.00 bits per heavy atom. The Morgan fingerprint density at radius 1 is 1.00 bits per heavy atom. The van der Waals surface area contributed by atoms with Gasteiger partial charge in [0.05, 0.1) is 0 Å². The second-order valence-corrected chi connectivity index (χ2v) is 3.79. The van der Waals surface area contributed by atoms with Crippen molar-refractivity contribution in [3.05, 3.63) is 0 Å². The number of alkyl halides is 2. The molecule has 0 aromatic heterocycles. The van der Waals surface area contributed by atoms with Crippen molar-refractivity contribution in [1.82, 2.24) is 4.31 Å². The SMILES string of the molecule is FC(F)SN1CCCCCC1. The third-order valence-corrected chi connectivity index (χ3v) is 2.62. The van der Waals surface area contributed by atoms with Crippen LogP contribution in [0, 0.1) is 0 Å². The first-order valence-electron chi connectivity index (χ1n) is 3.99. The molecule has 1 rings (SSSR count). The van der Waals surface area contributed by atoms with E-state index in [0.29, 0.717) is 11.9 Å². The molecule has 0 unspecified atom stereocenters. The van der Waals surface area contributed by atoms with E-state index in [1.54, 1.807) is 4.31 Å². The standard InChI is InChI=1S/C7H13F2NS/c8-7(9)11-10-5-3-1-2-4-6-10/h7H,1-6H2. The zero-order chi connectivity index (χ0) is 8.10. The van der Waals surface area contributed by atoms with Gasteiger partial charge in [-0.25, -0.2) is 4.31 Å². The number of hydrogen-bond acceptors (Lipinski definition) is 2. The first-order valence-corrected chi connectivity index (χ1v) is 4.82. The highest BCUT2D eigenvalue weighted by atomic mass is 32.2. The van der Waals surface area contributed by atoms with Gasteiger partial charge < -0.3 is 0 Å². The minimum Gasteiger partial charge on any atom is -0.246 e. The van der Waals surface area contributed by atoms with Gasteiger partial charge in [0, 0.05) is 13.1 Å². The summed E-state index contributed by atoms with van der Waals surface area (Å²) in [5, 5.41) is 0. The van der Waals surface area contributed by atoms with E-state index in [1.165, 1.54) is 12.8 Å². The minimum absolute atomic E-state index is 0.689. The summed E-state index contributed by atoms with van der Waals surface area (Å²) in [6.07, 6.45) is 4.53.